The Bertz CT molecular complexity index is 1400. The van der Waals surface area contributed by atoms with Gasteiger partial charge in [-0.2, -0.15) is 0 Å². The first kappa shape index (κ1) is 21.7. The third-order valence-corrected chi connectivity index (χ3v) is 6.84. The Morgan fingerprint density at radius 2 is 1.59 bits per heavy atom. The van der Waals surface area contributed by atoms with Gasteiger partial charge in [-0.05, 0) is 54.1 Å². The maximum atomic E-state index is 13.5. The molecule has 0 saturated heterocycles. The van der Waals surface area contributed by atoms with Crippen LogP contribution in [0.3, 0.4) is 0 Å². The Kier molecular flexibility index (Phi) is 5.77. The normalized spacial score (nSPS) is 11.3. The third kappa shape index (κ3) is 4.53. The first-order valence-corrected chi connectivity index (χ1v) is 12.1. The van der Waals surface area contributed by atoms with E-state index in [1.807, 2.05) is 0 Å². The van der Waals surface area contributed by atoms with E-state index < -0.39 is 15.8 Å². The molecule has 3 aromatic carbocycles. The predicted octanol–water partition coefficient (Wildman–Crippen LogP) is 5.46. The second-order valence-corrected chi connectivity index (χ2v) is 9.99. The van der Waals surface area contributed by atoms with Gasteiger partial charge in [0.15, 0.2) is 15.0 Å². The van der Waals surface area contributed by atoms with Gasteiger partial charge in [0.1, 0.15) is 5.82 Å². The van der Waals surface area contributed by atoms with Crippen LogP contribution in [0.4, 0.5) is 15.2 Å². The minimum Gasteiger partial charge on any atom is -0.478 e. The zero-order valence-electron chi connectivity index (χ0n) is 16.7. The minimum atomic E-state index is -3.34. The van der Waals surface area contributed by atoms with Crippen LogP contribution in [0.25, 0.3) is 21.7 Å². The van der Waals surface area contributed by atoms with Crippen molar-refractivity contribution in [1.82, 2.24) is 4.98 Å². The smallest absolute Gasteiger partial charge is 0.337 e. The first-order chi connectivity index (χ1) is 15.2. The Morgan fingerprint density at radius 3 is 2.22 bits per heavy atom. The van der Waals surface area contributed by atoms with Crippen molar-refractivity contribution in [3.05, 3.63) is 84.2 Å². The molecule has 32 heavy (non-hydrogen) atoms. The summed E-state index contributed by atoms with van der Waals surface area (Å²) in [7, 11) is -3.34. The number of hydrogen-bond acceptors (Lipinski definition) is 6. The van der Waals surface area contributed by atoms with Gasteiger partial charge < -0.3 is 10.4 Å². The van der Waals surface area contributed by atoms with Gasteiger partial charge in [-0.15, -0.1) is 0 Å². The Hall–Kier alpha value is -3.56. The molecule has 0 aliphatic heterocycles. The molecule has 6 nitrogen and oxygen atoms in total. The first-order valence-electron chi connectivity index (χ1n) is 9.39. The molecular formula is C23H17FN2O4S2. The van der Waals surface area contributed by atoms with E-state index in [1.165, 1.54) is 41.7 Å². The van der Waals surface area contributed by atoms with E-state index in [0.29, 0.717) is 22.1 Å². The van der Waals surface area contributed by atoms with Crippen molar-refractivity contribution < 1.29 is 22.7 Å². The molecule has 4 rings (SSSR count). The fourth-order valence-corrected chi connectivity index (χ4v) is 4.76. The standard InChI is InChI=1S/C23H17FN2O4S2/c1-32(29,30)17-12-8-15(9-13-17)21-20(14-6-10-16(24)11-7-14)26-23(31-21)25-19-5-3-2-4-18(19)22(27)28/h2-13H,1H3,(H,25,26)(H,27,28). The lowest BCUT2D eigenvalue weighted by atomic mass is 10.1. The van der Waals surface area contributed by atoms with Crippen LogP contribution in [0.1, 0.15) is 10.4 Å². The lowest BCUT2D eigenvalue weighted by Crippen LogP contribution is -2.02. The molecular weight excluding hydrogens is 451 g/mol. The topological polar surface area (TPSA) is 96.4 Å². The lowest BCUT2D eigenvalue weighted by Gasteiger charge is -2.06. The number of para-hydroxylation sites is 1. The number of nitrogens with one attached hydrogen (secondary N) is 1. The average molecular weight is 469 g/mol. The van der Waals surface area contributed by atoms with Crippen molar-refractivity contribution in [2.45, 2.75) is 4.90 Å². The molecule has 9 heteroatoms. The lowest BCUT2D eigenvalue weighted by molar-refractivity contribution is 0.0698. The summed E-state index contributed by atoms with van der Waals surface area (Å²) >= 11 is 1.28. The molecule has 0 aliphatic rings. The van der Waals surface area contributed by atoms with E-state index in [2.05, 4.69) is 10.3 Å². The Morgan fingerprint density at radius 1 is 0.969 bits per heavy atom. The van der Waals surface area contributed by atoms with E-state index in [1.54, 1.807) is 42.5 Å². The number of anilines is 2. The number of carbonyl (C=O) groups is 1. The van der Waals surface area contributed by atoms with Gasteiger partial charge >= 0.3 is 5.97 Å². The number of carboxylic acid groups (broad SMARTS) is 1. The molecule has 0 radical (unpaired) electrons. The molecule has 0 amide bonds. The van der Waals surface area contributed by atoms with Crippen LogP contribution in [-0.2, 0) is 9.84 Å². The summed E-state index contributed by atoms with van der Waals surface area (Å²) in [5, 5.41) is 12.9. The summed E-state index contributed by atoms with van der Waals surface area (Å²) < 4.78 is 37.0. The minimum absolute atomic E-state index is 0.102. The van der Waals surface area contributed by atoms with Crippen LogP contribution in [0.2, 0.25) is 0 Å². The molecule has 2 N–H and O–H groups in total. The monoisotopic (exact) mass is 468 g/mol. The summed E-state index contributed by atoms with van der Waals surface area (Å²) in [5.41, 5.74) is 2.46. The number of halogens is 1. The number of aromatic nitrogens is 1. The van der Waals surface area contributed by atoms with Crippen LogP contribution in [-0.4, -0.2) is 30.7 Å². The molecule has 4 aromatic rings. The number of hydrogen-bond donors (Lipinski definition) is 2. The number of rotatable bonds is 6. The fourth-order valence-electron chi connectivity index (χ4n) is 3.12. The van der Waals surface area contributed by atoms with Crippen molar-refractivity contribution in [2.24, 2.45) is 0 Å². The SMILES string of the molecule is CS(=O)(=O)c1ccc(-c2sc(Nc3ccccc3C(=O)O)nc2-c2ccc(F)cc2)cc1. The highest BCUT2D eigenvalue weighted by molar-refractivity contribution is 7.90. The quantitative estimate of drug-likeness (QED) is 0.390. The molecule has 0 aliphatic carbocycles. The number of nitrogens with zero attached hydrogens (tertiary/aromatic N) is 1. The number of aromatic carboxylic acids is 1. The van der Waals surface area contributed by atoms with Gasteiger partial charge in [0.05, 0.1) is 26.7 Å². The highest BCUT2D eigenvalue weighted by atomic mass is 32.2. The molecule has 162 valence electrons. The zero-order chi connectivity index (χ0) is 22.9. The van der Waals surface area contributed by atoms with Crippen LogP contribution >= 0.6 is 11.3 Å². The van der Waals surface area contributed by atoms with Crippen LogP contribution in [0.5, 0.6) is 0 Å². The van der Waals surface area contributed by atoms with E-state index in [4.69, 9.17) is 0 Å². The molecule has 1 aromatic heterocycles. The van der Waals surface area contributed by atoms with Crippen LogP contribution in [0.15, 0.2) is 77.7 Å². The van der Waals surface area contributed by atoms with Crippen molar-refractivity contribution in [3.63, 3.8) is 0 Å². The van der Waals surface area contributed by atoms with Gasteiger partial charge in [-0.25, -0.2) is 22.6 Å². The van der Waals surface area contributed by atoms with Crippen molar-refractivity contribution in [3.8, 4) is 21.7 Å². The number of benzene rings is 3. The molecule has 0 saturated carbocycles. The summed E-state index contributed by atoms with van der Waals surface area (Å²) in [4.78, 5) is 17.1. The van der Waals surface area contributed by atoms with Gasteiger partial charge in [-0.3, -0.25) is 0 Å². The fraction of sp³-hybridized carbons (Fsp3) is 0.0435. The van der Waals surface area contributed by atoms with E-state index >= 15 is 0 Å². The summed E-state index contributed by atoms with van der Waals surface area (Å²) in [6.07, 6.45) is 1.14. The molecule has 0 spiro atoms. The molecule has 0 atom stereocenters. The average Bonchev–Trinajstić information content (AvgIpc) is 3.18. The number of thiazole rings is 1. The van der Waals surface area contributed by atoms with Gasteiger partial charge in [0, 0.05) is 11.8 Å². The molecule has 1 heterocycles. The molecule has 0 fully saturated rings. The van der Waals surface area contributed by atoms with Gasteiger partial charge in [0.25, 0.3) is 0 Å². The predicted molar refractivity (Wildman–Crippen MR) is 123 cm³/mol. The summed E-state index contributed by atoms with van der Waals surface area (Å²) in [5.74, 6) is -1.45. The van der Waals surface area contributed by atoms with Crippen molar-refractivity contribution >= 4 is 38.0 Å². The number of carboxylic acids is 1. The molecule has 0 bridgehead atoms. The highest BCUT2D eigenvalue weighted by Crippen LogP contribution is 2.40. The van der Waals surface area contributed by atoms with Crippen molar-refractivity contribution in [2.75, 3.05) is 11.6 Å². The van der Waals surface area contributed by atoms with Crippen LogP contribution in [0, 0.1) is 5.82 Å². The van der Waals surface area contributed by atoms with E-state index in [0.717, 1.165) is 16.7 Å². The second kappa shape index (κ2) is 8.52. The maximum Gasteiger partial charge on any atom is 0.337 e. The number of sulfone groups is 1. The van der Waals surface area contributed by atoms with Gasteiger partial charge in [-0.1, -0.05) is 35.6 Å². The zero-order valence-corrected chi connectivity index (χ0v) is 18.4. The van der Waals surface area contributed by atoms with Crippen LogP contribution < -0.4 is 5.32 Å². The summed E-state index contributed by atoms with van der Waals surface area (Å²) in [6.45, 7) is 0. The summed E-state index contributed by atoms with van der Waals surface area (Å²) in [6, 6.07) is 18.8. The maximum absolute atomic E-state index is 13.5. The molecule has 0 unspecified atom stereocenters. The third-order valence-electron chi connectivity index (χ3n) is 4.69. The highest BCUT2D eigenvalue weighted by Gasteiger charge is 2.18. The van der Waals surface area contributed by atoms with Crippen molar-refractivity contribution in [1.29, 1.82) is 0 Å². The van der Waals surface area contributed by atoms with Gasteiger partial charge in [0.2, 0.25) is 0 Å². The second-order valence-electron chi connectivity index (χ2n) is 6.98. The Balaban J connectivity index is 1.81. The van der Waals surface area contributed by atoms with E-state index in [9.17, 15) is 22.7 Å². The largest absolute Gasteiger partial charge is 0.478 e. The Labute approximate surface area is 187 Å². The van der Waals surface area contributed by atoms with E-state index in [-0.39, 0.29) is 16.3 Å².